The van der Waals surface area contributed by atoms with Gasteiger partial charge in [0.2, 0.25) is 5.91 Å². The summed E-state index contributed by atoms with van der Waals surface area (Å²) in [6.45, 7) is 4.98. The molecule has 0 aliphatic carbocycles. The zero-order valence-corrected chi connectivity index (χ0v) is 10.8. The lowest BCUT2D eigenvalue weighted by molar-refractivity contribution is -0.128. The van der Waals surface area contributed by atoms with Gasteiger partial charge in [-0.1, -0.05) is 0 Å². The zero-order chi connectivity index (χ0) is 12.1. The van der Waals surface area contributed by atoms with E-state index in [1.807, 2.05) is 0 Å². The number of rotatable bonds is 4. The van der Waals surface area contributed by atoms with Crippen LogP contribution >= 0.6 is 0 Å². The Hall–Kier alpha value is -0.610. The topological polar surface area (TPSA) is 41.6 Å². The summed E-state index contributed by atoms with van der Waals surface area (Å²) in [7, 11) is 3.59. The molecule has 1 N–H and O–H groups in total. The largest absolute Gasteiger partial charge is 0.375 e. The lowest BCUT2D eigenvalue weighted by atomic mass is 10.00. The monoisotopic (exact) mass is 228 g/mol. The molecule has 1 rings (SSSR count). The number of hydrogen-bond donors (Lipinski definition) is 1. The summed E-state index contributed by atoms with van der Waals surface area (Å²) in [5.41, 5.74) is 0. The summed E-state index contributed by atoms with van der Waals surface area (Å²) in [5.74, 6) is 0.181. The van der Waals surface area contributed by atoms with Crippen LogP contribution in [-0.2, 0) is 9.53 Å². The number of amides is 1. The highest BCUT2D eigenvalue weighted by atomic mass is 16.5. The maximum absolute atomic E-state index is 11.4. The fourth-order valence-electron chi connectivity index (χ4n) is 2.18. The van der Waals surface area contributed by atoms with Crippen molar-refractivity contribution in [2.24, 2.45) is 0 Å². The van der Waals surface area contributed by atoms with Crippen molar-refractivity contribution in [1.82, 2.24) is 10.2 Å². The Labute approximate surface area is 98.3 Å². The van der Waals surface area contributed by atoms with E-state index in [9.17, 15) is 4.79 Å². The molecule has 1 aliphatic heterocycles. The summed E-state index contributed by atoms with van der Waals surface area (Å²) >= 11 is 0. The van der Waals surface area contributed by atoms with E-state index < -0.39 is 0 Å². The minimum atomic E-state index is 0.181. The van der Waals surface area contributed by atoms with E-state index in [1.165, 1.54) is 0 Å². The maximum Gasteiger partial charge on any atom is 0.223 e. The van der Waals surface area contributed by atoms with Crippen molar-refractivity contribution in [2.75, 3.05) is 20.6 Å². The van der Waals surface area contributed by atoms with Crippen LogP contribution in [0.25, 0.3) is 0 Å². The molecule has 0 bridgehead atoms. The van der Waals surface area contributed by atoms with E-state index in [0.29, 0.717) is 24.7 Å². The number of nitrogens with one attached hydrogen (secondary N) is 1. The molecule has 1 fully saturated rings. The number of nitrogens with zero attached hydrogens (tertiary/aromatic N) is 1. The first-order valence-electron chi connectivity index (χ1n) is 6.08. The first-order valence-corrected chi connectivity index (χ1v) is 6.08. The second kappa shape index (κ2) is 6.21. The summed E-state index contributed by atoms with van der Waals surface area (Å²) in [6.07, 6.45) is 3.31. The smallest absolute Gasteiger partial charge is 0.223 e. The number of ether oxygens (including phenoxy) is 1. The van der Waals surface area contributed by atoms with Crippen LogP contribution < -0.4 is 5.32 Å². The molecule has 1 amide bonds. The summed E-state index contributed by atoms with van der Waals surface area (Å²) in [6, 6.07) is 0.494. The van der Waals surface area contributed by atoms with Crippen LogP contribution in [0.5, 0.6) is 0 Å². The van der Waals surface area contributed by atoms with Gasteiger partial charge in [0.1, 0.15) is 0 Å². The van der Waals surface area contributed by atoms with Crippen LogP contribution in [-0.4, -0.2) is 49.7 Å². The molecular weight excluding hydrogens is 204 g/mol. The average molecular weight is 228 g/mol. The molecule has 0 aromatic heterocycles. The molecule has 4 heteroatoms. The molecule has 94 valence electrons. The Morgan fingerprint density at radius 3 is 2.38 bits per heavy atom. The van der Waals surface area contributed by atoms with E-state index >= 15 is 0 Å². The van der Waals surface area contributed by atoms with Crippen molar-refractivity contribution in [1.29, 1.82) is 0 Å². The van der Waals surface area contributed by atoms with Crippen molar-refractivity contribution in [2.45, 2.75) is 51.4 Å². The Morgan fingerprint density at radius 1 is 1.31 bits per heavy atom. The third-order valence-corrected chi connectivity index (χ3v) is 2.97. The van der Waals surface area contributed by atoms with Crippen molar-refractivity contribution in [3.8, 4) is 0 Å². The fraction of sp³-hybridized carbons (Fsp3) is 0.917. The van der Waals surface area contributed by atoms with Crippen LogP contribution in [0.3, 0.4) is 0 Å². The molecule has 0 spiro atoms. The van der Waals surface area contributed by atoms with E-state index in [4.69, 9.17) is 4.74 Å². The second-order valence-electron chi connectivity index (χ2n) is 4.92. The fourth-order valence-corrected chi connectivity index (χ4v) is 2.18. The summed E-state index contributed by atoms with van der Waals surface area (Å²) in [5, 5.41) is 3.44. The Morgan fingerprint density at radius 2 is 1.88 bits per heavy atom. The maximum atomic E-state index is 11.4. The Kier molecular flexibility index (Phi) is 5.22. The molecule has 2 unspecified atom stereocenters. The second-order valence-corrected chi connectivity index (χ2v) is 4.92. The van der Waals surface area contributed by atoms with E-state index in [1.54, 1.807) is 19.0 Å². The van der Waals surface area contributed by atoms with Crippen molar-refractivity contribution >= 4 is 5.91 Å². The average Bonchev–Trinajstić information content (AvgIpc) is 2.15. The van der Waals surface area contributed by atoms with E-state index in [0.717, 1.165) is 19.4 Å². The number of carbonyl (C=O) groups is 1. The lowest BCUT2D eigenvalue weighted by Crippen LogP contribution is -2.42. The van der Waals surface area contributed by atoms with Gasteiger partial charge < -0.3 is 15.0 Å². The third-order valence-electron chi connectivity index (χ3n) is 2.97. The minimum absolute atomic E-state index is 0.181. The molecule has 1 saturated heterocycles. The standard InChI is InChI=1S/C12H24N2O2/c1-9-7-11(8-10(2)16-9)13-6-5-12(15)14(3)4/h9-11,13H,5-8H2,1-4H3. The zero-order valence-electron chi connectivity index (χ0n) is 10.8. The van der Waals surface area contributed by atoms with Crippen LogP contribution in [0.15, 0.2) is 0 Å². The van der Waals surface area contributed by atoms with Gasteiger partial charge in [0.25, 0.3) is 0 Å². The van der Waals surface area contributed by atoms with Crippen LogP contribution in [0.2, 0.25) is 0 Å². The highest BCUT2D eigenvalue weighted by molar-refractivity contribution is 5.75. The van der Waals surface area contributed by atoms with Gasteiger partial charge in [0, 0.05) is 33.1 Å². The van der Waals surface area contributed by atoms with Crippen molar-refractivity contribution < 1.29 is 9.53 Å². The lowest BCUT2D eigenvalue weighted by Gasteiger charge is -2.32. The Bertz CT molecular complexity index is 221. The molecule has 1 heterocycles. The normalized spacial score (nSPS) is 30.1. The van der Waals surface area contributed by atoms with Crippen LogP contribution in [0.1, 0.15) is 33.1 Å². The third kappa shape index (κ3) is 4.49. The predicted molar refractivity (Wildman–Crippen MR) is 64.3 cm³/mol. The van der Waals surface area contributed by atoms with Gasteiger partial charge in [-0.2, -0.15) is 0 Å². The van der Waals surface area contributed by atoms with Gasteiger partial charge in [-0.15, -0.1) is 0 Å². The van der Waals surface area contributed by atoms with Gasteiger partial charge >= 0.3 is 0 Å². The van der Waals surface area contributed by atoms with E-state index in [2.05, 4.69) is 19.2 Å². The van der Waals surface area contributed by atoms with Gasteiger partial charge in [-0.3, -0.25) is 4.79 Å². The molecule has 0 aromatic rings. The molecule has 4 nitrogen and oxygen atoms in total. The van der Waals surface area contributed by atoms with Crippen molar-refractivity contribution in [3.63, 3.8) is 0 Å². The molecule has 16 heavy (non-hydrogen) atoms. The highest BCUT2D eigenvalue weighted by Gasteiger charge is 2.23. The number of hydrogen-bond acceptors (Lipinski definition) is 3. The molecule has 0 aromatic carbocycles. The highest BCUT2D eigenvalue weighted by Crippen LogP contribution is 2.18. The summed E-state index contributed by atoms with van der Waals surface area (Å²) < 4.78 is 5.67. The number of carbonyl (C=O) groups excluding carboxylic acids is 1. The Balaban J connectivity index is 2.20. The predicted octanol–water partition coefficient (Wildman–Crippen LogP) is 1.01. The minimum Gasteiger partial charge on any atom is -0.375 e. The van der Waals surface area contributed by atoms with Gasteiger partial charge in [0.15, 0.2) is 0 Å². The summed E-state index contributed by atoms with van der Waals surface area (Å²) in [4.78, 5) is 13.0. The molecule has 2 atom stereocenters. The quantitative estimate of drug-likeness (QED) is 0.781. The van der Waals surface area contributed by atoms with Gasteiger partial charge in [-0.25, -0.2) is 0 Å². The first-order chi connectivity index (χ1) is 7.49. The van der Waals surface area contributed by atoms with Crippen molar-refractivity contribution in [3.05, 3.63) is 0 Å². The van der Waals surface area contributed by atoms with Crippen LogP contribution in [0.4, 0.5) is 0 Å². The molecule has 1 aliphatic rings. The van der Waals surface area contributed by atoms with Gasteiger partial charge in [0.05, 0.1) is 12.2 Å². The SMILES string of the molecule is CC1CC(NCCC(=O)N(C)C)CC(C)O1. The molecular formula is C12H24N2O2. The first kappa shape index (κ1) is 13.5. The van der Waals surface area contributed by atoms with E-state index in [-0.39, 0.29) is 5.91 Å². The van der Waals surface area contributed by atoms with Crippen LogP contribution in [0, 0.1) is 0 Å². The van der Waals surface area contributed by atoms with Gasteiger partial charge in [-0.05, 0) is 26.7 Å². The molecule has 0 saturated carbocycles. The molecule has 0 radical (unpaired) electrons.